The van der Waals surface area contributed by atoms with E-state index in [1.54, 1.807) is 12.1 Å². The van der Waals surface area contributed by atoms with Gasteiger partial charge >= 0.3 is 0 Å². The van der Waals surface area contributed by atoms with E-state index in [4.69, 9.17) is 9.84 Å². The van der Waals surface area contributed by atoms with Crippen molar-refractivity contribution >= 4 is 23.6 Å². The predicted molar refractivity (Wildman–Crippen MR) is 112 cm³/mol. The molecule has 2 aliphatic heterocycles. The molecule has 1 N–H and O–H groups in total. The van der Waals surface area contributed by atoms with Crippen molar-refractivity contribution in [3.05, 3.63) is 41.5 Å². The molecule has 6 atom stereocenters. The van der Waals surface area contributed by atoms with Crippen LogP contribution in [0.25, 0.3) is 0 Å². The maximum atomic E-state index is 13.1. The van der Waals surface area contributed by atoms with E-state index in [-0.39, 0.29) is 48.7 Å². The first-order valence-corrected chi connectivity index (χ1v) is 11.0. The molecule has 2 saturated heterocycles. The normalized spacial score (nSPS) is 33.8. The molecule has 1 aromatic rings. The van der Waals surface area contributed by atoms with E-state index in [2.05, 4.69) is 0 Å². The van der Waals surface area contributed by atoms with E-state index >= 15 is 0 Å². The van der Waals surface area contributed by atoms with Crippen LogP contribution in [-0.4, -0.2) is 65.8 Å². The molecular weight excluding hydrogens is 412 g/mol. The van der Waals surface area contributed by atoms with Crippen molar-refractivity contribution in [3.63, 3.8) is 0 Å². The maximum absolute atomic E-state index is 13.1. The number of benzene rings is 1. The smallest absolute Gasteiger partial charge is 0.233 e. The summed E-state index contributed by atoms with van der Waals surface area (Å²) in [5.41, 5.74) is 1.87. The van der Waals surface area contributed by atoms with Gasteiger partial charge in [-0.3, -0.25) is 29.0 Å². The molecule has 168 valence electrons. The number of aliphatic hydroxyl groups excluding tert-OH is 1. The second kappa shape index (κ2) is 7.55. The van der Waals surface area contributed by atoms with E-state index in [9.17, 15) is 19.2 Å². The SMILES string of the molecule is CN1C(=O)[C@H]2[C@H](CC=C3[C@H]2C[C@H]2C(=O)N(C)C(=O)[C@H]2[C@H]3c2ccc(OCCO)cc2)C1=O. The first-order valence-electron chi connectivity index (χ1n) is 11.0. The Balaban J connectivity index is 1.58. The minimum atomic E-state index is -0.513. The summed E-state index contributed by atoms with van der Waals surface area (Å²) in [4.78, 5) is 54.1. The molecule has 3 fully saturated rings. The quantitative estimate of drug-likeness (QED) is 0.555. The van der Waals surface area contributed by atoms with Crippen molar-refractivity contribution in [1.82, 2.24) is 9.80 Å². The summed E-state index contributed by atoms with van der Waals surface area (Å²) in [5, 5.41) is 8.97. The number of likely N-dealkylation sites (tertiary alicyclic amines) is 2. The van der Waals surface area contributed by atoms with Crippen LogP contribution in [0.5, 0.6) is 5.75 Å². The number of rotatable bonds is 4. The van der Waals surface area contributed by atoms with Gasteiger partial charge in [-0.2, -0.15) is 0 Å². The van der Waals surface area contributed by atoms with Crippen molar-refractivity contribution in [1.29, 1.82) is 0 Å². The summed E-state index contributed by atoms with van der Waals surface area (Å²) in [7, 11) is 3.04. The van der Waals surface area contributed by atoms with Crippen molar-refractivity contribution in [2.24, 2.45) is 29.6 Å². The number of imide groups is 2. The molecule has 4 amide bonds. The van der Waals surface area contributed by atoms with Gasteiger partial charge in [0.05, 0.1) is 30.3 Å². The minimum Gasteiger partial charge on any atom is -0.491 e. The van der Waals surface area contributed by atoms with E-state index in [0.717, 1.165) is 11.1 Å². The van der Waals surface area contributed by atoms with E-state index in [1.807, 2.05) is 18.2 Å². The van der Waals surface area contributed by atoms with Crippen LogP contribution in [-0.2, 0) is 19.2 Å². The standard InChI is InChI=1S/C24H26N2O6/c1-25-21(28)15-8-7-14-16(19(15)23(25)30)11-17-20(24(31)26(2)22(17)29)18(14)12-3-5-13(6-4-12)32-10-9-27/h3-7,15-20,27H,8-11H2,1-2H3/t15-,16+,17+,18-,19-,20+/m0/s1. The van der Waals surface area contributed by atoms with Gasteiger partial charge < -0.3 is 9.84 Å². The monoisotopic (exact) mass is 438 g/mol. The fraction of sp³-hybridized carbons (Fsp3) is 0.500. The Morgan fingerprint density at radius 1 is 0.875 bits per heavy atom. The number of allylic oxidation sites excluding steroid dienone is 2. The summed E-state index contributed by atoms with van der Waals surface area (Å²) in [6, 6.07) is 7.35. The summed E-state index contributed by atoms with van der Waals surface area (Å²) < 4.78 is 5.46. The number of carbonyl (C=O) groups excluding carboxylic acids is 4. The average molecular weight is 438 g/mol. The lowest BCUT2D eigenvalue weighted by atomic mass is 9.57. The summed E-state index contributed by atoms with van der Waals surface area (Å²) in [6.07, 6.45) is 2.91. The van der Waals surface area contributed by atoms with Gasteiger partial charge in [-0.25, -0.2) is 0 Å². The van der Waals surface area contributed by atoms with E-state index < -0.39 is 23.7 Å². The number of carbonyl (C=O) groups is 4. The summed E-state index contributed by atoms with van der Waals surface area (Å²) in [6.45, 7) is 0.0978. The van der Waals surface area contributed by atoms with Crippen molar-refractivity contribution in [3.8, 4) is 5.75 Å². The molecule has 1 aromatic carbocycles. The number of hydrogen-bond acceptors (Lipinski definition) is 6. The molecule has 2 heterocycles. The number of ether oxygens (including phenoxy) is 1. The molecule has 8 nitrogen and oxygen atoms in total. The fourth-order valence-electron chi connectivity index (χ4n) is 6.21. The number of amides is 4. The van der Waals surface area contributed by atoms with Crippen LogP contribution in [0.15, 0.2) is 35.9 Å². The Hall–Kier alpha value is -3.00. The van der Waals surface area contributed by atoms with Crippen LogP contribution in [0.3, 0.4) is 0 Å². The maximum Gasteiger partial charge on any atom is 0.233 e. The number of aliphatic hydroxyl groups is 1. The van der Waals surface area contributed by atoms with Crippen LogP contribution in [0.4, 0.5) is 0 Å². The lowest BCUT2D eigenvalue weighted by Gasteiger charge is -2.44. The van der Waals surface area contributed by atoms with Gasteiger partial charge in [0, 0.05) is 20.0 Å². The highest BCUT2D eigenvalue weighted by atomic mass is 16.5. The third kappa shape index (κ3) is 2.85. The highest BCUT2D eigenvalue weighted by Gasteiger charge is 2.60. The second-order valence-corrected chi connectivity index (χ2v) is 9.14. The second-order valence-electron chi connectivity index (χ2n) is 9.14. The summed E-state index contributed by atoms with van der Waals surface area (Å²) in [5.74, 6) is -2.61. The van der Waals surface area contributed by atoms with Gasteiger partial charge in [0.2, 0.25) is 23.6 Å². The number of nitrogens with zero attached hydrogens (tertiary/aromatic N) is 2. The molecule has 0 spiro atoms. The molecule has 2 aliphatic carbocycles. The largest absolute Gasteiger partial charge is 0.491 e. The Morgan fingerprint density at radius 3 is 2.16 bits per heavy atom. The molecule has 0 bridgehead atoms. The molecular formula is C24H26N2O6. The average Bonchev–Trinajstić information content (AvgIpc) is 3.16. The predicted octanol–water partition coefficient (Wildman–Crippen LogP) is 0.953. The number of hydrogen-bond donors (Lipinski definition) is 1. The van der Waals surface area contributed by atoms with Crippen LogP contribution in [0, 0.1) is 29.6 Å². The molecule has 32 heavy (non-hydrogen) atoms. The minimum absolute atomic E-state index is 0.0879. The van der Waals surface area contributed by atoms with Crippen LogP contribution in [0.2, 0.25) is 0 Å². The third-order valence-corrected chi connectivity index (χ3v) is 7.69. The zero-order valence-electron chi connectivity index (χ0n) is 18.1. The lowest BCUT2D eigenvalue weighted by molar-refractivity contribution is -0.140. The van der Waals surface area contributed by atoms with E-state index in [0.29, 0.717) is 18.6 Å². The Bertz CT molecular complexity index is 1030. The first-order chi connectivity index (χ1) is 15.3. The molecule has 0 unspecified atom stereocenters. The van der Waals surface area contributed by atoms with E-state index in [1.165, 1.54) is 23.9 Å². The van der Waals surface area contributed by atoms with Gasteiger partial charge in [-0.15, -0.1) is 0 Å². The van der Waals surface area contributed by atoms with Crippen molar-refractivity contribution < 1.29 is 29.0 Å². The topological polar surface area (TPSA) is 104 Å². The van der Waals surface area contributed by atoms with Gasteiger partial charge in [-0.1, -0.05) is 23.8 Å². The Morgan fingerprint density at radius 2 is 1.50 bits per heavy atom. The van der Waals surface area contributed by atoms with Gasteiger partial charge in [0.15, 0.2) is 0 Å². The third-order valence-electron chi connectivity index (χ3n) is 7.69. The van der Waals surface area contributed by atoms with Crippen LogP contribution < -0.4 is 4.74 Å². The molecule has 1 saturated carbocycles. The van der Waals surface area contributed by atoms with Crippen molar-refractivity contribution in [2.45, 2.75) is 18.8 Å². The zero-order chi connectivity index (χ0) is 22.7. The Kier molecular flexibility index (Phi) is 4.93. The zero-order valence-corrected chi connectivity index (χ0v) is 18.1. The van der Waals surface area contributed by atoms with Crippen LogP contribution >= 0.6 is 0 Å². The molecule has 8 heteroatoms. The summed E-state index contributed by atoms with van der Waals surface area (Å²) >= 11 is 0. The highest BCUT2D eigenvalue weighted by molar-refractivity contribution is 6.07. The Labute approximate surface area is 185 Å². The van der Waals surface area contributed by atoms with Crippen LogP contribution in [0.1, 0.15) is 24.3 Å². The highest BCUT2D eigenvalue weighted by Crippen LogP contribution is 2.57. The molecule has 4 aliphatic rings. The van der Waals surface area contributed by atoms with Gasteiger partial charge in [-0.05, 0) is 36.5 Å². The lowest BCUT2D eigenvalue weighted by Crippen LogP contribution is -2.42. The number of fused-ring (bicyclic) bond motifs is 4. The molecule has 5 rings (SSSR count). The van der Waals surface area contributed by atoms with Gasteiger partial charge in [0.1, 0.15) is 12.4 Å². The first kappa shape index (κ1) is 20.9. The molecule has 0 aromatic heterocycles. The van der Waals surface area contributed by atoms with Gasteiger partial charge in [0.25, 0.3) is 0 Å². The fourth-order valence-corrected chi connectivity index (χ4v) is 6.21. The molecule has 0 radical (unpaired) electrons. The van der Waals surface area contributed by atoms with Crippen molar-refractivity contribution in [2.75, 3.05) is 27.3 Å².